The van der Waals surface area contributed by atoms with Crippen molar-refractivity contribution >= 4 is 5.91 Å². The van der Waals surface area contributed by atoms with Gasteiger partial charge in [0.25, 0.3) is 0 Å². The van der Waals surface area contributed by atoms with Gasteiger partial charge in [0.05, 0.1) is 27.7 Å². The zero-order chi connectivity index (χ0) is 16.8. The lowest BCUT2D eigenvalue weighted by molar-refractivity contribution is -0.870. The first-order chi connectivity index (χ1) is 10.4. The Bertz CT molecular complexity index is 250. The van der Waals surface area contributed by atoms with Gasteiger partial charge in [0.15, 0.2) is 0 Å². The second kappa shape index (κ2) is 12.9. The van der Waals surface area contributed by atoms with Crippen LogP contribution < -0.4 is 11.5 Å². The molecule has 1 amide bonds. The molecule has 0 aromatic heterocycles. The number of primary amides is 1. The first-order valence-electron chi connectivity index (χ1n) is 9.16. The summed E-state index contributed by atoms with van der Waals surface area (Å²) in [6.45, 7) is 1.50. The van der Waals surface area contributed by atoms with E-state index in [9.17, 15) is 4.79 Å². The minimum Gasteiger partial charge on any atom is -0.369 e. The topological polar surface area (TPSA) is 69.1 Å². The Balaban J connectivity index is 0.000000435. The number of nitrogens with two attached hydrogens (primary N) is 2. The third kappa shape index (κ3) is 14.3. The standard InChI is InChI=1S/C10H23N3O.2C4H8/c1-13(2,3)7-5-4-6-9(8-11)10(12)14;2*1-2-4-3-1/h9H,4-8,11H2,1-3H3,(H-,12,14);2*1-4H2/p+1. The van der Waals surface area contributed by atoms with Crippen LogP contribution in [0.1, 0.15) is 70.6 Å². The molecule has 22 heavy (non-hydrogen) atoms. The third-order valence-corrected chi connectivity index (χ3v) is 4.32. The van der Waals surface area contributed by atoms with Gasteiger partial charge in [0.1, 0.15) is 0 Å². The smallest absolute Gasteiger partial charge is 0.221 e. The number of rotatable bonds is 7. The molecule has 132 valence electrons. The predicted molar refractivity (Wildman–Crippen MR) is 95.4 cm³/mol. The van der Waals surface area contributed by atoms with Crippen molar-refractivity contribution in [2.75, 3.05) is 34.2 Å². The van der Waals surface area contributed by atoms with Crippen molar-refractivity contribution in [2.45, 2.75) is 70.6 Å². The highest BCUT2D eigenvalue weighted by atomic mass is 16.1. The van der Waals surface area contributed by atoms with Crippen LogP contribution in [0.15, 0.2) is 0 Å². The molecule has 1 atom stereocenters. The van der Waals surface area contributed by atoms with Gasteiger partial charge in [0, 0.05) is 12.5 Å². The second-order valence-corrected chi connectivity index (χ2v) is 7.67. The van der Waals surface area contributed by atoms with E-state index < -0.39 is 0 Å². The largest absolute Gasteiger partial charge is 0.369 e. The van der Waals surface area contributed by atoms with Gasteiger partial charge in [-0.05, 0) is 19.3 Å². The van der Waals surface area contributed by atoms with E-state index in [1.807, 2.05) is 0 Å². The zero-order valence-electron chi connectivity index (χ0n) is 15.3. The van der Waals surface area contributed by atoms with Crippen LogP contribution in [0.2, 0.25) is 0 Å². The maximum Gasteiger partial charge on any atom is 0.221 e. The number of unbranched alkanes of at least 4 members (excludes halogenated alkanes) is 1. The number of hydrogen-bond acceptors (Lipinski definition) is 2. The molecule has 1 unspecified atom stereocenters. The summed E-state index contributed by atoms with van der Waals surface area (Å²) in [6.07, 6.45) is 15.0. The van der Waals surface area contributed by atoms with E-state index >= 15 is 0 Å². The van der Waals surface area contributed by atoms with Crippen LogP contribution in [0, 0.1) is 5.92 Å². The van der Waals surface area contributed by atoms with E-state index in [2.05, 4.69) is 21.1 Å². The van der Waals surface area contributed by atoms with E-state index in [4.69, 9.17) is 11.5 Å². The van der Waals surface area contributed by atoms with Gasteiger partial charge in [-0.1, -0.05) is 51.4 Å². The summed E-state index contributed by atoms with van der Waals surface area (Å²) in [6, 6.07) is 0. The molecule has 0 radical (unpaired) electrons. The van der Waals surface area contributed by atoms with Crippen LogP contribution in [0.3, 0.4) is 0 Å². The number of carbonyl (C=O) groups is 1. The molecule has 0 aromatic carbocycles. The number of carbonyl (C=O) groups excluding carboxylic acids is 1. The fourth-order valence-electron chi connectivity index (χ4n) is 1.85. The summed E-state index contributed by atoms with van der Waals surface area (Å²) in [5, 5.41) is 0. The van der Waals surface area contributed by atoms with Crippen molar-refractivity contribution in [1.29, 1.82) is 0 Å². The molecule has 2 fully saturated rings. The van der Waals surface area contributed by atoms with Gasteiger partial charge in [-0.2, -0.15) is 0 Å². The van der Waals surface area contributed by atoms with E-state index in [-0.39, 0.29) is 11.8 Å². The molecule has 2 rings (SSSR count). The number of nitrogens with zero attached hydrogens (tertiary/aromatic N) is 1. The SMILES string of the molecule is C1CCC1.C1CCC1.C[N+](C)(C)CCCCC(CN)C(N)=O. The van der Waals surface area contributed by atoms with Gasteiger partial charge >= 0.3 is 0 Å². The van der Waals surface area contributed by atoms with Crippen LogP contribution in [-0.4, -0.2) is 44.6 Å². The number of amides is 1. The van der Waals surface area contributed by atoms with E-state index in [0.717, 1.165) is 30.3 Å². The average Bonchev–Trinajstić information content (AvgIpc) is 2.22. The highest BCUT2D eigenvalue weighted by molar-refractivity contribution is 5.76. The molecule has 2 aliphatic rings. The fraction of sp³-hybridized carbons (Fsp3) is 0.944. The Hall–Kier alpha value is -0.610. The highest BCUT2D eigenvalue weighted by Crippen LogP contribution is 2.15. The molecule has 0 aliphatic heterocycles. The first-order valence-corrected chi connectivity index (χ1v) is 9.16. The lowest BCUT2D eigenvalue weighted by Gasteiger charge is -2.23. The van der Waals surface area contributed by atoms with Crippen LogP contribution >= 0.6 is 0 Å². The summed E-state index contributed by atoms with van der Waals surface area (Å²) in [7, 11) is 6.48. The summed E-state index contributed by atoms with van der Waals surface area (Å²) in [4.78, 5) is 10.9. The van der Waals surface area contributed by atoms with Gasteiger partial charge < -0.3 is 16.0 Å². The van der Waals surface area contributed by atoms with Crippen LogP contribution in [-0.2, 0) is 4.79 Å². The summed E-state index contributed by atoms with van der Waals surface area (Å²) >= 11 is 0. The minimum atomic E-state index is -0.266. The Morgan fingerprint density at radius 1 is 0.909 bits per heavy atom. The van der Waals surface area contributed by atoms with Gasteiger partial charge in [-0.3, -0.25) is 4.79 Å². The molecule has 0 spiro atoms. The Morgan fingerprint density at radius 2 is 1.32 bits per heavy atom. The Labute approximate surface area is 138 Å². The maximum atomic E-state index is 10.9. The molecule has 4 N–H and O–H groups in total. The minimum absolute atomic E-state index is 0.137. The lowest BCUT2D eigenvalue weighted by atomic mass is 10.0. The Kier molecular flexibility index (Phi) is 12.5. The van der Waals surface area contributed by atoms with Crippen LogP contribution in [0.5, 0.6) is 0 Å². The third-order valence-electron chi connectivity index (χ3n) is 4.32. The van der Waals surface area contributed by atoms with Gasteiger partial charge in [-0.15, -0.1) is 0 Å². The van der Waals surface area contributed by atoms with E-state index in [1.54, 1.807) is 0 Å². The molecule has 2 saturated carbocycles. The van der Waals surface area contributed by atoms with E-state index in [1.165, 1.54) is 51.4 Å². The lowest BCUT2D eigenvalue weighted by Crippen LogP contribution is -2.35. The number of hydrogen-bond donors (Lipinski definition) is 2. The van der Waals surface area contributed by atoms with Crippen molar-refractivity contribution in [1.82, 2.24) is 0 Å². The van der Waals surface area contributed by atoms with Crippen molar-refractivity contribution in [2.24, 2.45) is 17.4 Å². The second-order valence-electron chi connectivity index (χ2n) is 7.67. The highest BCUT2D eigenvalue weighted by Gasteiger charge is 2.13. The maximum absolute atomic E-state index is 10.9. The van der Waals surface area contributed by atoms with Crippen molar-refractivity contribution in [3.05, 3.63) is 0 Å². The molecule has 0 heterocycles. The summed E-state index contributed by atoms with van der Waals surface area (Å²) < 4.78 is 0.962. The molecule has 4 nitrogen and oxygen atoms in total. The molecule has 4 heteroatoms. The van der Waals surface area contributed by atoms with Crippen LogP contribution in [0.25, 0.3) is 0 Å². The monoisotopic (exact) mass is 314 g/mol. The van der Waals surface area contributed by atoms with Crippen molar-refractivity contribution < 1.29 is 9.28 Å². The molecule has 0 bridgehead atoms. The predicted octanol–water partition coefficient (Wildman–Crippen LogP) is 3.04. The quantitative estimate of drug-likeness (QED) is 0.560. The van der Waals surface area contributed by atoms with E-state index in [0.29, 0.717) is 6.54 Å². The first kappa shape index (κ1) is 21.4. The zero-order valence-corrected chi connectivity index (χ0v) is 15.3. The number of quaternary nitrogens is 1. The molecule has 0 aromatic rings. The van der Waals surface area contributed by atoms with Gasteiger partial charge in [-0.25, -0.2) is 0 Å². The van der Waals surface area contributed by atoms with Gasteiger partial charge in [0.2, 0.25) is 5.91 Å². The normalized spacial score (nSPS) is 17.6. The van der Waals surface area contributed by atoms with Crippen molar-refractivity contribution in [3.63, 3.8) is 0 Å². The summed E-state index contributed by atoms with van der Waals surface area (Å²) in [5.74, 6) is -0.403. The summed E-state index contributed by atoms with van der Waals surface area (Å²) in [5.41, 5.74) is 10.6. The molecule has 0 saturated heterocycles. The molecular formula is C18H40N3O+. The fourth-order valence-corrected chi connectivity index (χ4v) is 1.85. The van der Waals surface area contributed by atoms with Crippen LogP contribution in [0.4, 0.5) is 0 Å². The average molecular weight is 315 g/mol. The van der Waals surface area contributed by atoms with Crippen molar-refractivity contribution in [3.8, 4) is 0 Å². The molecule has 2 aliphatic carbocycles. The molecular weight excluding hydrogens is 274 g/mol. The Morgan fingerprint density at radius 3 is 1.55 bits per heavy atom.